The average Bonchev–Trinajstić information content (AvgIpc) is 2.59. The number of hydrogen-bond acceptors (Lipinski definition) is 2. The highest BCUT2D eigenvalue weighted by Gasteiger charge is 2.24. The van der Waals surface area contributed by atoms with Crippen molar-refractivity contribution in [2.24, 2.45) is 0 Å². The van der Waals surface area contributed by atoms with Crippen molar-refractivity contribution < 1.29 is 0 Å². The number of aryl methyl sites for hydroxylation is 1. The first-order chi connectivity index (χ1) is 10.8. The number of rotatable bonds is 5. The van der Waals surface area contributed by atoms with Crippen LogP contribution in [-0.2, 0) is 6.42 Å². The summed E-state index contributed by atoms with van der Waals surface area (Å²) >= 11 is 5.81. The minimum absolute atomic E-state index is 0.446. The SMILES string of the molecule is CCCNC1CCCc2cccc(C(=S)c3ccccc3)c21. The zero-order chi connectivity index (χ0) is 15.4. The molecule has 1 unspecified atom stereocenters. The van der Waals surface area contributed by atoms with Gasteiger partial charge in [0.05, 0.1) is 4.86 Å². The minimum atomic E-state index is 0.446. The average molecular weight is 309 g/mol. The van der Waals surface area contributed by atoms with Crippen molar-refractivity contribution in [3.8, 4) is 0 Å². The molecule has 1 aliphatic carbocycles. The maximum Gasteiger partial charge on any atom is 0.0525 e. The quantitative estimate of drug-likeness (QED) is 0.627. The number of hydrogen-bond donors (Lipinski definition) is 1. The lowest BCUT2D eigenvalue weighted by atomic mass is 9.83. The van der Waals surface area contributed by atoms with Gasteiger partial charge in [-0.2, -0.15) is 0 Å². The maximum absolute atomic E-state index is 5.81. The molecule has 1 N–H and O–H groups in total. The lowest BCUT2D eigenvalue weighted by Gasteiger charge is -2.29. The van der Waals surface area contributed by atoms with E-state index < -0.39 is 0 Å². The van der Waals surface area contributed by atoms with Crippen LogP contribution in [0.4, 0.5) is 0 Å². The van der Waals surface area contributed by atoms with Crippen molar-refractivity contribution in [2.75, 3.05) is 6.54 Å². The number of thiocarbonyl (C=S) groups is 1. The lowest BCUT2D eigenvalue weighted by Crippen LogP contribution is -2.28. The molecule has 0 bridgehead atoms. The van der Waals surface area contributed by atoms with E-state index in [2.05, 4.69) is 54.7 Å². The van der Waals surface area contributed by atoms with Crippen LogP contribution >= 0.6 is 12.2 Å². The predicted molar refractivity (Wildman–Crippen MR) is 97.7 cm³/mol. The van der Waals surface area contributed by atoms with Gasteiger partial charge in [-0.25, -0.2) is 0 Å². The molecule has 22 heavy (non-hydrogen) atoms. The zero-order valence-corrected chi connectivity index (χ0v) is 14.0. The molecule has 0 spiro atoms. The number of fused-ring (bicyclic) bond motifs is 1. The van der Waals surface area contributed by atoms with Gasteiger partial charge < -0.3 is 5.32 Å². The second kappa shape index (κ2) is 7.17. The monoisotopic (exact) mass is 309 g/mol. The zero-order valence-electron chi connectivity index (χ0n) is 13.1. The van der Waals surface area contributed by atoms with Gasteiger partial charge in [0.2, 0.25) is 0 Å². The van der Waals surface area contributed by atoms with Gasteiger partial charge in [-0.05, 0) is 54.5 Å². The third-order valence-corrected chi connectivity index (χ3v) is 4.86. The van der Waals surface area contributed by atoms with Gasteiger partial charge in [0, 0.05) is 6.04 Å². The van der Waals surface area contributed by atoms with E-state index in [1.54, 1.807) is 0 Å². The molecular weight excluding hydrogens is 286 g/mol. The van der Waals surface area contributed by atoms with Crippen molar-refractivity contribution in [3.63, 3.8) is 0 Å². The Morgan fingerprint density at radius 1 is 1.14 bits per heavy atom. The Morgan fingerprint density at radius 3 is 2.73 bits per heavy atom. The first-order valence-electron chi connectivity index (χ1n) is 8.26. The molecule has 0 radical (unpaired) electrons. The predicted octanol–water partition coefficient (Wildman–Crippen LogP) is 4.83. The summed E-state index contributed by atoms with van der Waals surface area (Å²) in [6, 6.07) is 17.4. The first kappa shape index (κ1) is 15.4. The van der Waals surface area contributed by atoms with Crippen molar-refractivity contribution in [1.29, 1.82) is 0 Å². The summed E-state index contributed by atoms with van der Waals surface area (Å²) in [4.78, 5) is 0.975. The summed E-state index contributed by atoms with van der Waals surface area (Å²) < 4.78 is 0. The largest absolute Gasteiger partial charge is 0.310 e. The fraction of sp³-hybridized carbons (Fsp3) is 0.350. The first-order valence-corrected chi connectivity index (χ1v) is 8.67. The Bertz CT molecular complexity index is 648. The van der Waals surface area contributed by atoms with Gasteiger partial charge in [-0.3, -0.25) is 0 Å². The van der Waals surface area contributed by atoms with Crippen LogP contribution in [0.3, 0.4) is 0 Å². The Labute approximate surface area is 138 Å². The second-order valence-electron chi connectivity index (χ2n) is 5.97. The van der Waals surface area contributed by atoms with Crippen LogP contribution in [0.1, 0.15) is 54.5 Å². The van der Waals surface area contributed by atoms with E-state index in [0.29, 0.717) is 6.04 Å². The van der Waals surface area contributed by atoms with Gasteiger partial charge in [0.1, 0.15) is 0 Å². The molecule has 0 amide bonds. The van der Waals surface area contributed by atoms with E-state index in [9.17, 15) is 0 Å². The second-order valence-corrected chi connectivity index (χ2v) is 6.38. The van der Waals surface area contributed by atoms with Gasteiger partial charge >= 0.3 is 0 Å². The van der Waals surface area contributed by atoms with Crippen molar-refractivity contribution in [1.82, 2.24) is 5.32 Å². The highest BCUT2D eigenvalue weighted by molar-refractivity contribution is 7.81. The van der Waals surface area contributed by atoms with E-state index in [1.165, 1.54) is 36.0 Å². The summed E-state index contributed by atoms with van der Waals surface area (Å²) in [5.74, 6) is 0. The Balaban J connectivity index is 2.00. The molecule has 1 atom stereocenters. The smallest absolute Gasteiger partial charge is 0.0525 e. The topological polar surface area (TPSA) is 12.0 Å². The van der Waals surface area contributed by atoms with Crippen LogP contribution in [0.15, 0.2) is 48.5 Å². The fourth-order valence-corrected chi connectivity index (χ4v) is 3.66. The van der Waals surface area contributed by atoms with Gasteiger partial charge in [-0.15, -0.1) is 0 Å². The molecule has 1 aliphatic rings. The van der Waals surface area contributed by atoms with Crippen LogP contribution in [0.25, 0.3) is 0 Å². The molecule has 0 aromatic heterocycles. The normalized spacial score (nSPS) is 17.0. The van der Waals surface area contributed by atoms with E-state index >= 15 is 0 Å². The minimum Gasteiger partial charge on any atom is -0.310 e. The van der Waals surface area contributed by atoms with Crippen LogP contribution in [0.2, 0.25) is 0 Å². The van der Waals surface area contributed by atoms with Crippen LogP contribution in [0, 0.1) is 0 Å². The fourth-order valence-electron chi connectivity index (χ4n) is 3.35. The Hall–Kier alpha value is -1.51. The molecule has 2 aromatic rings. The van der Waals surface area contributed by atoms with Crippen molar-refractivity contribution >= 4 is 17.1 Å². The van der Waals surface area contributed by atoms with Gasteiger partial charge in [-0.1, -0.05) is 67.7 Å². The van der Waals surface area contributed by atoms with Crippen molar-refractivity contribution in [2.45, 2.75) is 38.6 Å². The van der Waals surface area contributed by atoms with Crippen LogP contribution < -0.4 is 5.32 Å². The molecule has 0 heterocycles. The summed E-state index contributed by atoms with van der Waals surface area (Å²) in [7, 11) is 0. The molecule has 0 saturated heterocycles. The molecule has 0 saturated carbocycles. The maximum atomic E-state index is 5.81. The van der Waals surface area contributed by atoms with E-state index in [0.717, 1.165) is 23.4 Å². The van der Waals surface area contributed by atoms with E-state index in [1.807, 2.05) is 6.07 Å². The van der Waals surface area contributed by atoms with E-state index in [-0.39, 0.29) is 0 Å². The molecule has 1 nitrogen and oxygen atoms in total. The van der Waals surface area contributed by atoms with E-state index in [4.69, 9.17) is 12.2 Å². The Morgan fingerprint density at radius 2 is 1.95 bits per heavy atom. The van der Waals surface area contributed by atoms with Gasteiger partial charge in [0.15, 0.2) is 0 Å². The van der Waals surface area contributed by atoms with Crippen LogP contribution in [-0.4, -0.2) is 11.4 Å². The Kier molecular flexibility index (Phi) is 5.01. The molecular formula is C20H23NS. The standard InChI is InChI=1S/C20H23NS/c1-2-14-21-18-13-7-11-15-10-6-12-17(19(15)18)20(22)16-8-4-3-5-9-16/h3-6,8-10,12,18,21H,2,7,11,13-14H2,1H3. The lowest BCUT2D eigenvalue weighted by molar-refractivity contribution is 0.460. The molecule has 3 rings (SSSR count). The highest BCUT2D eigenvalue weighted by Crippen LogP contribution is 2.33. The molecule has 114 valence electrons. The summed E-state index contributed by atoms with van der Waals surface area (Å²) in [6.45, 7) is 3.29. The molecule has 0 fully saturated rings. The highest BCUT2D eigenvalue weighted by atomic mass is 32.1. The van der Waals surface area contributed by atoms with Crippen LogP contribution in [0.5, 0.6) is 0 Å². The molecule has 0 aliphatic heterocycles. The van der Waals surface area contributed by atoms with Gasteiger partial charge in [0.25, 0.3) is 0 Å². The third kappa shape index (κ3) is 3.13. The molecule has 2 aromatic carbocycles. The summed E-state index contributed by atoms with van der Waals surface area (Å²) in [5, 5.41) is 3.71. The summed E-state index contributed by atoms with van der Waals surface area (Å²) in [5.41, 5.74) is 5.30. The molecule has 2 heteroatoms. The van der Waals surface area contributed by atoms with Crippen molar-refractivity contribution in [3.05, 3.63) is 70.8 Å². The third-order valence-electron chi connectivity index (χ3n) is 4.41. The number of nitrogens with one attached hydrogen (secondary N) is 1. The number of benzene rings is 2. The summed E-state index contributed by atoms with van der Waals surface area (Å²) in [6.07, 6.45) is 4.80.